The molecule has 0 spiro atoms. The zero-order valence-corrected chi connectivity index (χ0v) is 5.64. The maximum Gasteiger partial charge on any atom is 0.171 e. The number of pyridine rings is 1. The Hall–Kier alpha value is -0.760. The quantitative estimate of drug-likeness (QED) is 0.555. The molecule has 47 valence electrons. The van der Waals surface area contributed by atoms with Crippen molar-refractivity contribution in [2.75, 3.05) is 7.11 Å². The zero-order chi connectivity index (χ0) is 6.69. The SMILES string of the molecule is COc1c[c]cnc1Cl. The minimum Gasteiger partial charge on any atom is -0.494 e. The van der Waals surface area contributed by atoms with Crippen molar-refractivity contribution in [3.8, 4) is 5.75 Å². The van der Waals surface area contributed by atoms with Crippen molar-refractivity contribution < 1.29 is 4.74 Å². The molecule has 1 aromatic heterocycles. The molecular formula is C6H5ClNO. The molecule has 1 radical (unpaired) electrons. The first-order chi connectivity index (χ1) is 4.34. The van der Waals surface area contributed by atoms with Crippen molar-refractivity contribution >= 4 is 11.6 Å². The first kappa shape index (κ1) is 6.36. The average Bonchev–Trinajstić information content (AvgIpc) is 1.89. The van der Waals surface area contributed by atoms with E-state index in [1.54, 1.807) is 6.07 Å². The van der Waals surface area contributed by atoms with Gasteiger partial charge in [0.25, 0.3) is 0 Å². The smallest absolute Gasteiger partial charge is 0.171 e. The van der Waals surface area contributed by atoms with E-state index in [-0.39, 0.29) is 0 Å². The number of rotatable bonds is 1. The Morgan fingerprint density at radius 3 is 3.00 bits per heavy atom. The Kier molecular flexibility index (Phi) is 1.90. The molecule has 0 aromatic carbocycles. The van der Waals surface area contributed by atoms with Crippen LogP contribution in [-0.2, 0) is 0 Å². The number of aromatic nitrogens is 1. The molecule has 1 rings (SSSR count). The number of nitrogens with zero attached hydrogens (tertiary/aromatic N) is 1. The molecule has 0 bridgehead atoms. The lowest BCUT2D eigenvalue weighted by Crippen LogP contribution is -1.84. The number of methoxy groups -OCH3 is 1. The molecule has 1 heterocycles. The van der Waals surface area contributed by atoms with Gasteiger partial charge in [0.05, 0.1) is 7.11 Å². The van der Waals surface area contributed by atoms with E-state index >= 15 is 0 Å². The van der Waals surface area contributed by atoms with Crippen LogP contribution in [0.15, 0.2) is 12.3 Å². The highest BCUT2D eigenvalue weighted by atomic mass is 35.5. The highest BCUT2D eigenvalue weighted by Gasteiger charge is 1.95. The van der Waals surface area contributed by atoms with Crippen molar-refractivity contribution in [3.63, 3.8) is 0 Å². The second-order valence-electron chi connectivity index (χ2n) is 1.43. The third kappa shape index (κ3) is 1.33. The Balaban J connectivity index is 3.01. The van der Waals surface area contributed by atoms with E-state index in [4.69, 9.17) is 16.3 Å². The Morgan fingerprint density at radius 2 is 2.56 bits per heavy atom. The highest BCUT2D eigenvalue weighted by Crippen LogP contribution is 2.18. The molecule has 0 aliphatic carbocycles. The maximum absolute atomic E-state index is 5.57. The molecular weight excluding hydrogens is 138 g/mol. The summed E-state index contributed by atoms with van der Waals surface area (Å²) in [6.07, 6.45) is 1.49. The van der Waals surface area contributed by atoms with Crippen LogP contribution < -0.4 is 4.74 Å². The fraction of sp³-hybridized carbons (Fsp3) is 0.167. The molecule has 0 saturated carbocycles. The van der Waals surface area contributed by atoms with Gasteiger partial charge in [0.15, 0.2) is 10.9 Å². The molecule has 0 unspecified atom stereocenters. The van der Waals surface area contributed by atoms with Gasteiger partial charge in [0.2, 0.25) is 0 Å². The van der Waals surface area contributed by atoms with Crippen LogP contribution in [0.5, 0.6) is 5.75 Å². The molecule has 0 amide bonds. The van der Waals surface area contributed by atoms with Crippen LogP contribution in [0.3, 0.4) is 0 Å². The van der Waals surface area contributed by atoms with Gasteiger partial charge in [-0.05, 0) is 6.07 Å². The van der Waals surface area contributed by atoms with Gasteiger partial charge >= 0.3 is 0 Å². The summed E-state index contributed by atoms with van der Waals surface area (Å²) in [5.74, 6) is 0.555. The number of hydrogen-bond acceptors (Lipinski definition) is 2. The van der Waals surface area contributed by atoms with Crippen molar-refractivity contribution in [1.82, 2.24) is 4.98 Å². The second kappa shape index (κ2) is 2.69. The normalized spacial score (nSPS) is 9.11. The lowest BCUT2D eigenvalue weighted by molar-refractivity contribution is 0.413. The largest absolute Gasteiger partial charge is 0.494 e. The minimum absolute atomic E-state index is 0.372. The van der Waals surface area contributed by atoms with E-state index in [9.17, 15) is 0 Å². The molecule has 2 nitrogen and oxygen atoms in total. The molecule has 0 aliphatic rings. The van der Waals surface area contributed by atoms with Crippen molar-refractivity contribution in [2.45, 2.75) is 0 Å². The number of halogens is 1. The summed E-state index contributed by atoms with van der Waals surface area (Å²) >= 11 is 5.57. The fourth-order valence-corrected chi connectivity index (χ4v) is 0.654. The first-order valence-electron chi connectivity index (χ1n) is 2.40. The van der Waals surface area contributed by atoms with E-state index in [1.165, 1.54) is 13.3 Å². The summed E-state index contributed by atoms with van der Waals surface area (Å²) in [5.41, 5.74) is 0. The third-order valence-corrected chi connectivity index (χ3v) is 1.17. The van der Waals surface area contributed by atoms with Crippen LogP contribution in [0.25, 0.3) is 0 Å². The van der Waals surface area contributed by atoms with Gasteiger partial charge in [-0.1, -0.05) is 11.6 Å². The van der Waals surface area contributed by atoms with Gasteiger partial charge in [-0.15, -0.1) is 0 Å². The van der Waals surface area contributed by atoms with Crippen LogP contribution in [0.2, 0.25) is 5.15 Å². The van der Waals surface area contributed by atoms with E-state index in [2.05, 4.69) is 11.1 Å². The van der Waals surface area contributed by atoms with E-state index in [1.807, 2.05) is 0 Å². The molecule has 0 saturated heterocycles. The molecule has 0 aliphatic heterocycles. The third-order valence-electron chi connectivity index (χ3n) is 0.890. The molecule has 0 N–H and O–H groups in total. The van der Waals surface area contributed by atoms with Crippen molar-refractivity contribution in [1.29, 1.82) is 0 Å². The Morgan fingerprint density at radius 1 is 1.78 bits per heavy atom. The summed E-state index contributed by atoms with van der Waals surface area (Å²) in [4.78, 5) is 3.73. The van der Waals surface area contributed by atoms with Crippen LogP contribution in [0.4, 0.5) is 0 Å². The Bertz CT molecular complexity index is 202. The van der Waals surface area contributed by atoms with E-state index in [0.717, 1.165) is 0 Å². The molecule has 3 heteroatoms. The lowest BCUT2D eigenvalue weighted by atomic mass is 10.5. The zero-order valence-electron chi connectivity index (χ0n) is 4.89. The van der Waals surface area contributed by atoms with Crippen LogP contribution in [-0.4, -0.2) is 12.1 Å². The standard InChI is InChI=1S/C6H5ClNO/c1-9-5-3-2-4-8-6(5)7/h3-4H,1H3. The maximum atomic E-state index is 5.57. The summed E-state index contributed by atoms with van der Waals surface area (Å²) < 4.78 is 4.82. The van der Waals surface area contributed by atoms with Crippen molar-refractivity contribution in [3.05, 3.63) is 23.5 Å². The minimum atomic E-state index is 0.372. The topological polar surface area (TPSA) is 22.1 Å². The van der Waals surface area contributed by atoms with E-state index < -0.39 is 0 Å². The second-order valence-corrected chi connectivity index (χ2v) is 1.79. The Labute approximate surface area is 58.4 Å². The number of hydrogen-bond donors (Lipinski definition) is 0. The van der Waals surface area contributed by atoms with Crippen LogP contribution in [0.1, 0.15) is 0 Å². The van der Waals surface area contributed by atoms with Gasteiger partial charge in [0.1, 0.15) is 0 Å². The van der Waals surface area contributed by atoms with E-state index in [0.29, 0.717) is 10.9 Å². The summed E-state index contributed by atoms with van der Waals surface area (Å²) in [6, 6.07) is 4.37. The van der Waals surface area contributed by atoms with Gasteiger partial charge in [-0.3, -0.25) is 0 Å². The van der Waals surface area contributed by atoms with Gasteiger partial charge in [-0.2, -0.15) is 0 Å². The molecule has 0 atom stereocenters. The van der Waals surface area contributed by atoms with Crippen LogP contribution in [0, 0.1) is 6.07 Å². The van der Waals surface area contributed by atoms with Gasteiger partial charge in [-0.25, -0.2) is 4.98 Å². The monoisotopic (exact) mass is 142 g/mol. The fourth-order valence-electron chi connectivity index (χ4n) is 0.473. The molecule has 9 heavy (non-hydrogen) atoms. The van der Waals surface area contributed by atoms with Gasteiger partial charge in [0, 0.05) is 12.3 Å². The van der Waals surface area contributed by atoms with Crippen LogP contribution >= 0.6 is 11.6 Å². The summed E-state index contributed by atoms with van der Waals surface area (Å²) in [7, 11) is 1.54. The lowest BCUT2D eigenvalue weighted by Gasteiger charge is -1.97. The first-order valence-corrected chi connectivity index (χ1v) is 2.78. The highest BCUT2D eigenvalue weighted by molar-refractivity contribution is 6.30. The average molecular weight is 143 g/mol. The summed E-state index contributed by atoms with van der Waals surface area (Å²) in [5, 5.41) is 0.372. The predicted octanol–water partition coefficient (Wildman–Crippen LogP) is 1.54. The molecule has 0 fully saturated rings. The van der Waals surface area contributed by atoms with Gasteiger partial charge < -0.3 is 4.74 Å². The number of ether oxygens (including phenoxy) is 1. The summed E-state index contributed by atoms with van der Waals surface area (Å²) in [6.45, 7) is 0. The van der Waals surface area contributed by atoms with Crippen molar-refractivity contribution in [2.24, 2.45) is 0 Å². The predicted molar refractivity (Wildman–Crippen MR) is 34.6 cm³/mol. The molecule has 1 aromatic rings.